The smallest absolute Gasteiger partial charge is 0.227 e. The number of rotatable bonds is 13. The zero-order chi connectivity index (χ0) is 28.3. The van der Waals surface area contributed by atoms with Crippen LogP contribution >= 0.6 is 0 Å². The molecular formula is C33H48FN3O3. The topological polar surface area (TPSA) is 56.2 Å². The molecule has 0 aliphatic carbocycles. The lowest BCUT2D eigenvalue weighted by Crippen LogP contribution is -2.48. The maximum absolute atomic E-state index is 13.6. The van der Waals surface area contributed by atoms with Gasteiger partial charge in [-0.25, -0.2) is 4.39 Å². The number of hydrogen-bond acceptors (Lipinski definition) is 5. The molecule has 0 aromatic heterocycles. The molecule has 2 aromatic carbocycles. The van der Waals surface area contributed by atoms with Crippen LogP contribution in [0.5, 0.6) is 5.75 Å². The first kappa shape index (κ1) is 30.5. The molecule has 0 radical (unpaired) electrons. The maximum Gasteiger partial charge on any atom is 0.227 e. The Labute approximate surface area is 240 Å². The lowest BCUT2D eigenvalue weighted by molar-refractivity contribution is -0.134. The van der Waals surface area contributed by atoms with Gasteiger partial charge in [0, 0.05) is 38.8 Å². The average molecular weight is 554 g/mol. The molecule has 6 nitrogen and oxygen atoms in total. The fourth-order valence-corrected chi connectivity index (χ4v) is 5.93. The number of nitrogens with zero attached hydrogens (tertiary/aromatic N) is 3. The predicted molar refractivity (Wildman–Crippen MR) is 158 cm³/mol. The van der Waals surface area contributed by atoms with Crippen LogP contribution in [0.25, 0.3) is 0 Å². The molecule has 2 heterocycles. The summed E-state index contributed by atoms with van der Waals surface area (Å²) in [5.41, 5.74) is 1.93. The number of carbonyl (C=O) groups is 1. The molecule has 2 aromatic rings. The minimum absolute atomic E-state index is 0.113. The van der Waals surface area contributed by atoms with E-state index in [9.17, 15) is 14.3 Å². The Balaban J connectivity index is 1.31. The van der Waals surface area contributed by atoms with Crippen molar-refractivity contribution < 1.29 is 19.0 Å². The third kappa shape index (κ3) is 9.57. The molecule has 220 valence electrons. The molecule has 0 saturated carbocycles. The number of hydrogen-bond donors (Lipinski definition) is 1. The third-order valence-electron chi connectivity index (χ3n) is 8.26. The maximum atomic E-state index is 13.6. The summed E-state index contributed by atoms with van der Waals surface area (Å²) in [5, 5.41) is 9.50. The van der Waals surface area contributed by atoms with Crippen molar-refractivity contribution in [2.45, 2.75) is 65.0 Å². The number of aliphatic hydroxyl groups excluding tert-OH is 1. The molecule has 2 aliphatic heterocycles. The highest BCUT2D eigenvalue weighted by Crippen LogP contribution is 2.22. The van der Waals surface area contributed by atoms with E-state index in [2.05, 4.69) is 23.6 Å². The van der Waals surface area contributed by atoms with E-state index >= 15 is 0 Å². The molecule has 2 fully saturated rings. The number of ether oxygens (including phenoxy) is 1. The molecule has 4 rings (SSSR count). The van der Waals surface area contributed by atoms with Gasteiger partial charge < -0.3 is 24.5 Å². The Bertz CT molecular complexity index is 1020. The Kier molecular flexibility index (Phi) is 11.8. The predicted octanol–water partition coefficient (Wildman–Crippen LogP) is 4.99. The van der Waals surface area contributed by atoms with Crippen LogP contribution in [0.15, 0.2) is 48.5 Å². The lowest BCUT2D eigenvalue weighted by atomic mass is 9.99. The fourth-order valence-electron chi connectivity index (χ4n) is 5.93. The standard InChI is InChI=1S/C33H48FN3O3/c1-26(2)25-40-32-12-8-27(9-13-32)21-33(39)37(23-28-6-10-30(34)11-7-28)31-14-19-35(20-15-31)17-4-18-36-16-3-5-29(22-36)24-38/h6-13,26,29,31,38H,3-5,14-25H2,1-2H3. The molecule has 1 unspecified atom stereocenters. The van der Waals surface area contributed by atoms with Crippen LogP contribution in [0.3, 0.4) is 0 Å². The summed E-state index contributed by atoms with van der Waals surface area (Å²) in [5.74, 6) is 1.58. The number of carbonyl (C=O) groups excluding carboxylic acids is 1. The summed E-state index contributed by atoms with van der Waals surface area (Å²) in [4.78, 5) is 20.7. The van der Waals surface area contributed by atoms with E-state index in [0.717, 1.165) is 81.8 Å². The Morgan fingerprint density at radius 1 is 0.975 bits per heavy atom. The number of likely N-dealkylation sites (tertiary alicyclic amines) is 2. The lowest BCUT2D eigenvalue weighted by Gasteiger charge is -2.39. The summed E-state index contributed by atoms with van der Waals surface area (Å²) < 4.78 is 19.3. The molecule has 0 spiro atoms. The average Bonchev–Trinajstić information content (AvgIpc) is 2.97. The second kappa shape index (κ2) is 15.5. The van der Waals surface area contributed by atoms with Crippen LogP contribution < -0.4 is 4.74 Å². The highest BCUT2D eigenvalue weighted by Gasteiger charge is 2.28. The number of amides is 1. The molecule has 2 saturated heterocycles. The van der Waals surface area contributed by atoms with E-state index in [1.54, 1.807) is 12.1 Å². The fraction of sp³-hybridized carbons (Fsp3) is 0.606. The van der Waals surface area contributed by atoms with Crippen LogP contribution in [0.4, 0.5) is 4.39 Å². The van der Waals surface area contributed by atoms with Crippen LogP contribution in [-0.4, -0.2) is 84.2 Å². The van der Waals surface area contributed by atoms with Crippen LogP contribution in [0, 0.1) is 17.7 Å². The van der Waals surface area contributed by atoms with Gasteiger partial charge in [0.25, 0.3) is 0 Å². The first-order valence-corrected chi connectivity index (χ1v) is 15.2. The SMILES string of the molecule is CC(C)COc1ccc(CC(=O)N(Cc2ccc(F)cc2)C2CCN(CCCN3CCCC(CO)C3)CC2)cc1. The molecule has 40 heavy (non-hydrogen) atoms. The summed E-state index contributed by atoms with van der Waals surface area (Å²) in [6, 6.07) is 14.6. The van der Waals surface area contributed by atoms with E-state index < -0.39 is 0 Å². The van der Waals surface area contributed by atoms with Crippen molar-refractivity contribution in [2.75, 3.05) is 52.5 Å². The van der Waals surface area contributed by atoms with Gasteiger partial charge in [0.15, 0.2) is 0 Å². The summed E-state index contributed by atoms with van der Waals surface area (Å²) in [6.07, 6.45) is 5.71. The van der Waals surface area contributed by atoms with Crippen molar-refractivity contribution in [1.29, 1.82) is 0 Å². The second-order valence-corrected chi connectivity index (χ2v) is 12.1. The van der Waals surface area contributed by atoms with Gasteiger partial charge in [0.05, 0.1) is 13.0 Å². The quantitative estimate of drug-likeness (QED) is 0.379. The Hall–Kier alpha value is -2.48. The van der Waals surface area contributed by atoms with E-state index in [0.29, 0.717) is 38.0 Å². The zero-order valence-electron chi connectivity index (χ0n) is 24.4. The highest BCUT2D eigenvalue weighted by molar-refractivity contribution is 5.79. The molecule has 1 amide bonds. The normalized spacial score (nSPS) is 19.2. The second-order valence-electron chi connectivity index (χ2n) is 12.1. The van der Waals surface area contributed by atoms with Crippen LogP contribution in [0.1, 0.15) is 57.1 Å². The van der Waals surface area contributed by atoms with Crippen molar-refractivity contribution >= 4 is 5.91 Å². The minimum atomic E-state index is -0.258. The summed E-state index contributed by atoms with van der Waals surface area (Å²) in [7, 11) is 0. The number of piperidine rings is 2. The molecule has 0 bridgehead atoms. The van der Waals surface area contributed by atoms with Crippen molar-refractivity contribution in [2.24, 2.45) is 11.8 Å². The third-order valence-corrected chi connectivity index (χ3v) is 8.26. The largest absolute Gasteiger partial charge is 0.493 e. The highest BCUT2D eigenvalue weighted by atomic mass is 19.1. The molecule has 1 N–H and O–H groups in total. The van der Waals surface area contributed by atoms with Crippen LogP contribution in [-0.2, 0) is 17.8 Å². The molecule has 2 aliphatic rings. The minimum Gasteiger partial charge on any atom is -0.493 e. The van der Waals surface area contributed by atoms with Gasteiger partial charge in [-0.2, -0.15) is 0 Å². The van der Waals surface area contributed by atoms with Crippen molar-refractivity contribution in [3.05, 3.63) is 65.5 Å². The molecule has 7 heteroatoms. The van der Waals surface area contributed by atoms with Crippen LogP contribution in [0.2, 0.25) is 0 Å². The van der Waals surface area contributed by atoms with Gasteiger partial charge in [0.2, 0.25) is 5.91 Å². The van der Waals surface area contributed by atoms with E-state index in [-0.39, 0.29) is 17.8 Å². The molecule has 1 atom stereocenters. The van der Waals surface area contributed by atoms with E-state index in [4.69, 9.17) is 4.74 Å². The van der Waals surface area contributed by atoms with E-state index in [1.807, 2.05) is 29.2 Å². The monoisotopic (exact) mass is 553 g/mol. The number of aliphatic hydroxyl groups is 1. The molecular weight excluding hydrogens is 505 g/mol. The number of halogens is 1. The zero-order valence-corrected chi connectivity index (χ0v) is 24.4. The first-order chi connectivity index (χ1) is 19.4. The van der Waals surface area contributed by atoms with Gasteiger partial charge in [-0.15, -0.1) is 0 Å². The van der Waals surface area contributed by atoms with Crippen molar-refractivity contribution in [3.63, 3.8) is 0 Å². The van der Waals surface area contributed by atoms with Crippen molar-refractivity contribution in [1.82, 2.24) is 14.7 Å². The Morgan fingerprint density at radius 3 is 2.33 bits per heavy atom. The van der Waals surface area contributed by atoms with Gasteiger partial charge in [-0.05, 0) is 99.0 Å². The first-order valence-electron chi connectivity index (χ1n) is 15.2. The summed E-state index contributed by atoms with van der Waals surface area (Å²) in [6.45, 7) is 12.0. The van der Waals surface area contributed by atoms with E-state index in [1.165, 1.54) is 18.6 Å². The van der Waals surface area contributed by atoms with Crippen molar-refractivity contribution in [3.8, 4) is 5.75 Å². The Morgan fingerprint density at radius 2 is 1.65 bits per heavy atom. The van der Waals surface area contributed by atoms with Gasteiger partial charge >= 0.3 is 0 Å². The van der Waals surface area contributed by atoms with Gasteiger partial charge in [-0.3, -0.25) is 4.79 Å². The summed E-state index contributed by atoms with van der Waals surface area (Å²) >= 11 is 0. The van der Waals surface area contributed by atoms with Gasteiger partial charge in [-0.1, -0.05) is 38.1 Å². The number of benzene rings is 2. The van der Waals surface area contributed by atoms with Gasteiger partial charge in [0.1, 0.15) is 11.6 Å².